The third-order valence-electron chi connectivity index (χ3n) is 3.46. The lowest BCUT2D eigenvalue weighted by molar-refractivity contribution is -0.131. The van der Waals surface area contributed by atoms with E-state index in [9.17, 15) is 14.0 Å². The molecule has 19 heavy (non-hydrogen) atoms. The minimum absolute atomic E-state index is 0.0138. The third kappa shape index (κ3) is 2.36. The SMILES string of the molecule is O=C1CN(c2ccc(F)c(Br)c2)C(=O)C(C2CC2)N1. The van der Waals surface area contributed by atoms with Crippen molar-refractivity contribution in [3.05, 3.63) is 28.5 Å². The Hall–Kier alpha value is -1.43. The van der Waals surface area contributed by atoms with E-state index in [0.29, 0.717) is 5.69 Å². The van der Waals surface area contributed by atoms with Gasteiger partial charge in [-0.1, -0.05) is 0 Å². The summed E-state index contributed by atoms with van der Waals surface area (Å²) in [4.78, 5) is 25.5. The van der Waals surface area contributed by atoms with Gasteiger partial charge in [-0.25, -0.2) is 4.39 Å². The van der Waals surface area contributed by atoms with Crippen molar-refractivity contribution in [2.75, 3.05) is 11.4 Å². The van der Waals surface area contributed by atoms with Crippen LogP contribution in [0.3, 0.4) is 0 Å². The Kier molecular flexibility index (Phi) is 3.05. The molecule has 2 fully saturated rings. The van der Waals surface area contributed by atoms with Crippen LogP contribution in [0.4, 0.5) is 10.1 Å². The zero-order valence-corrected chi connectivity index (χ0v) is 11.6. The molecule has 1 unspecified atom stereocenters. The van der Waals surface area contributed by atoms with Crippen LogP contribution in [-0.4, -0.2) is 24.4 Å². The molecule has 2 aliphatic rings. The molecule has 1 N–H and O–H groups in total. The molecular weight excluding hydrogens is 315 g/mol. The summed E-state index contributed by atoms with van der Waals surface area (Å²) >= 11 is 3.09. The summed E-state index contributed by atoms with van der Waals surface area (Å²) in [5.74, 6) is -0.419. The van der Waals surface area contributed by atoms with E-state index in [-0.39, 0.29) is 28.7 Å². The molecule has 100 valence electrons. The van der Waals surface area contributed by atoms with Crippen LogP contribution in [0.1, 0.15) is 12.8 Å². The molecule has 4 nitrogen and oxygen atoms in total. The largest absolute Gasteiger partial charge is 0.342 e. The molecule has 6 heteroatoms. The Morgan fingerprint density at radius 1 is 1.32 bits per heavy atom. The van der Waals surface area contributed by atoms with Crippen molar-refractivity contribution in [2.24, 2.45) is 5.92 Å². The summed E-state index contributed by atoms with van der Waals surface area (Å²) in [5, 5.41) is 2.74. The topological polar surface area (TPSA) is 49.4 Å². The molecule has 0 aromatic heterocycles. The van der Waals surface area contributed by atoms with Gasteiger partial charge in [-0.3, -0.25) is 9.59 Å². The number of hydrogen-bond acceptors (Lipinski definition) is 2. The predicted octanol–water partition coefficient (Wildman–Crippen LogP) is 1.83. The average Bonchev–Trinajstić information content (AvgIpc) is 3.19. The van der Waals surface area contributed by atoms with Crippen LogP contribution in [0.25, 0.3) is 0 Å². The Morgan fingerprint density at radius 2 is 2.05 bits per heavy atom. The molecule has 3 rings (SSSR count). The molecule has 2 amide bonds. The average molecular weight is 327 g/mol. The van der Waals surface area contributed by atoms with Crippen LogP contribution in [0.2, 0.25) is 0 Å². The normalized spacial score (nSPS) is 23.5. The van der Waals surface area contributed by atoms with Crippen LogP contribution in [0.15, 0.2) is 22.7 Å². The molecular formula is C13H12BrFN2O2. The highest BCUT2D eigenvalue weighted by molar-refractivity contribution is 9.10. The van der Waals surface area contributed by atoms with Gasteiger partial charge in [-0.05, 0) is 52.9 Å². The van der Waals surface area contributed by atoms with Gasteiger partial charge in [0.05, 0.1) is 4.47 Å². The first kappa shape index (κ1) is 12.6. The van der Waals surface area contributed by atoms with Crippen LogP contribution in [0.5, 0.6) is 0 Å². The number of amides is 2. The second kappa shape index (κ2) is 4.59. The number of nitrogens with zero attached hydrogens (tertiary/aromatic N) is 1. The van der Waals surface area contributed by atoms with Gasteiger partial charge in [0.15, 0.2) is 0 Å². The van der Waals surface area contributed by atoms with Crippen LogP contribution < -0.4 is 10.2 Å². The van der Waals surface area contributed by atoms with Crippen LogP contribution in [0, 0.1) is 11.7 Å². The van der Waals surface area contributed by atoms with Gasteiger partial charge in [0.25, 0.3) is 0 Å². The number of rotatable bonds is 2. The number of benzene rings is 1. The number of nitrogens with one attached hydrogen (secondary N) is 1. The monoisotopic (exact) mass is 326 g/mol. The van der Waals surface area contributed by atoms with Gasteiger partial charge < -0.3 is 10.2 Å². The maximum Gasteiger partial charge on any atom is 0.250 e. The molecule has 1 heterocycles. The second-order valence-electron chi connectivity index (χ2n) is 4.91. The number of carbonyl (C=O) groups is 2. The number of carbonyl (C=O) groups excluding carboxylic acids is 2. The lowest BCUT2D eigenvalue weighted by Gasteiger charge is -2.32. The summed E-state index contributed by atoms with van der Waals surface area (Å²) in [6.07, 6.45) is 1.94. The van der Waals surface area contributed by atoms with E-state index < -0.39 is 11.9 Å². The van der Waals surface area contributed by atoms with Gasteiger partial charge in [0, 0.05) is 5.69 Å². The summed E-state index contributed by atoms with van der Waals surface area (Å²) in [6.45, 7) is -0.0138. The van der Waals surface area contributed by atoms with Crippen molar-refractivity contribution in [1.29, 1.82) is 0 Å². The van der Waals surface area contributed by atoms with E-state index in [2.05, 4.69) is 21.2 Å². The highest BCUT2D eigenvalue weighted by Gasteiger charge is 2.43. The number of halogens is 2. The number of hydrogen-bond donors (Lipinski definition) is 1. The summed E-state index contributed by atoms with van der Waals surface area (Å²) < 4.78 is 13.5. The first-order valence-electron chi connectivity index (χ1n) is 6.12. The Labute approximate surface area is 118 Å². The van der Waals surface area contributed by atoms with Crippen molar-refractivity contribution >= 4 is 33.4 Å². The summed E-state index contributed by atoms with van der Waals surface area (Å²) in [7, 11) is 0. The molecule has 1 aromatic carbocycles. The number of anilines is 1. The van der Waals surface area contributed by atoms with Crippen molar-refractivity contribution < 1.29 is 14.0 Å². The van der Waals surface area contributed by atoms with Crippen molar-refractivity contribution in [3.8, 4) is 0 Å². The first-order chi connectivity index (χ1) is 9.06. The molecule has 1 atom stereocenters. The highest BCUT2D eigenvalue weighted by Crippen LogP contribution is 2.35. The van der Waals surface area contributed by atoms with E-state index >= 15 is 0 Å². The fourth-order valence-electron chi connectivity index (χ4n) is 2.29. The Bertz CT molecular complexity index is 560. The smallest absolute Gasteiger partial charge is 0.250 e. The zero-order valence-electron chi connectivity index (χ0n) is 10.0. The summed E-state index contributed by atoms with van der Waals surface area (Å²) in [5.41, 5.74) is 0.541. The van der Waals surface area contributed by atoms with Crippen LogP contribution in [-0.2, 0) is 9.59 Å². The fraction of sp³-hybridized carbons (Fsp3) is 0.385. The molecule has 1 aromatic rings. The van der Waals surface area contributed by atoms with Gasteiger partial charge in [-0.15, -0.1) is 0 Å². The quantitative estimate of drug-likeness (QED) is 0.901. The summed E-state index contributed by atoms with van der Waals surface area (Å²) in [6, 6.07) is 3.90. The minimum Gasteiger partial charge on any atom is -0.342 e. The maximum absolute atomic E-state index is 13.2. The molecule has 1 aliphatic heterocycles. The molecule has 1 saturated carbocycles. The van der Waals surface area contributed by atoms with Gasteiger partial charge in [0.2, 0.25) is 11.8 Å². The van der Waals surface area contributed by atoms with E-state index in [0.717, 1.165) is 12.8 Å². The maximum atomic E-state index is 13.2. The van der Waals surface area contributed by atoms with Gasteiger partial charge in [0.1, 0.15) is 18.4 Å². The molecule has 0 spiro atoms. The zero-order chi connectivity index (χ0) is 13.6. The van der Waals surface area contributed by atoms with Crippen molar-refractivity contribution in [2.45, 2.75) is 18.9 Å². The van der Waals surface area contributed by atoms with Crippen molar-refractivity contribution in [3.63, 3.8) is 0 Å². The minimum atomic E-state index is -0.426. The van der Waals surface area contributed by atoms with Crippen molar-refractivity contribution in [1.82, 2.24) is 5.32 Å². The number of piperazine rings is 1. The first-order valence-corrected chi connectivity index (χ1v) is 6.91. The highest BCUT2D eigenvalue weighted by atomic mass is 79.9. The molecule has 1 saturated heterocycles. The fourth-order valence-corrected chi connectivity index (χ4v) is 2.66. The predicted molar refractivity (Wildman–Crippen MR) is 71.1 cm³/mol. The van der Waals surface area contributed by atoms with E-state index in [1.807, 2.05) is 0 Å². The lowest BCUT2D eigenvalue weighted by Crippen LogP contribution is -2.59. The molecule has 0 bridgehead atoms. The molecule has 1 aliphatic carbocycles. The van der Waals surface area contributed by atoms with Crippen LogP contribution >= 0.6 is 15.9 Å². The van der Waals surface area contributed by atoms with Gasteiger partial charge in [-0.2, -0.15) is 0 Å². The molecule has 0 radical (unpaired) electrons. The second-order valence-corrected chi connectivity index (χ2v) is 5.76. The van der Waals surface area contributed by atoms with E-state index in [1.54, 1.807) is 0 Å². The van der Waals surface area contributed by atoms with E-state index in [4.69, 9.17) is 0 Å². The third-order valence-corrected chi connectivity index (χ3v) is 4.07. The Balaban J connectivity index is 1.91. The Morgan fingerprint density at radius 3 is 2.68 bits per heavy atom. The van der Waals surface area contributed by atoms with Gasteiger partial charge >= 0.3 is 0 Å². The lowest BCUT2D eigenvalue weighted by atomic mass is 10.1. The van der Waals surface area contributed by atoms with E-state index in [1.165, 1.54) is 23.1 Å². The standard InChI is InChI=1S/C13H12BrFN2O2/c14-9-5-8(3-4-10(9)15)17-6-11(18)16-12(13(17)19)7-1-2-7/h3-5,7,12H,1-2,6H2,(H,16,18).